The average Bonchev–Trinajstić information content (AvgIpc) is 2.45. The van der Waals surface area contributed by atoms with Crippen molar-refractivity contribution in [3.8, 4) is 5.88 Å². The highest BCUT2D eigenvalue weighted by Crippen LogP contribution is 2.21. The highest BCUT2D eigenvalue weighted by molar-refractivity contribution is 5.83. The number of anilines is 2. The number of ether oxygens (including phenoxy) is 1. The van der Waals surface area contributed by atoms with Gasteiger partial charge in [-0.1, -0.05) is 13.8 Å². The van der Waals surface area contributed by atoms with E-state index in [1.165, 1.54) is 0 Å². The van der Waals surface area contributed by atoms with Crippen molar-refractivity contribution in [1.29, 1.82) is 0 Å². The summed E-state index contributed by atoms with van der Waals surface area (Å²) in [5, 5.41) is 5.86. The molecule has 0 radical (unpaired) electrons. The van der Waals surface area contributed by atoms with Crippen molar-refractivity contribution >= 4 is 17.4 Å². The predicted octanol–water partition coefficient (Wildman–Crippen LogP) is 1.78. The molecule has 0 aliphatic carbocycles. The smallest absolute Gasteiger partial charge is 0.242 e. The van der Waals surface area contributed by atoms with Gasteiger partial charge in [0.05, 0.1) is 12.3 Å². The molecule has 0 aromatic carbocycles. The Hall–Kier alpha value is -1.98. The fourth-order valence-corrected chi connectivity index (χ4v) is 1.53. The standard InChI is InChI=1S/C14H24N4O2/c1-4-8-16-13(19)10(3)17-12-7-6-11(15)14(18-12)20-9-5-2/h6-7,10H,4-5,8-9,15H2,1-3H3,(H,16,19)(H,17,18). The Kier molecular flexibility index (Phi) is 6.63. The maximum Gasteiger partial charge on any atom is 0.242 e. The number of carbonyl (C=O) groups is 1. The quantitative estimate of drug-likeness (QED) is 0.675. The average molecular weight is 280 g/mol. The molecule has 20 heavy (non-hydrogen) atoms. The lowest BCUT2D eigenvalue weighted by molar-refractivity contribution is -0.121. The van der Waals surface area contributed by atoms with E-state index in [0.717, 1.165) is 12.8 Å². The Bertz CT molecular complexity index is 437. The monoisotopic (exact) mass is 280 g/mol. The largest absolute Gasteiger partial charge is 0.476 e. The molecule has 6 nitrogen and oxygen atoms in total. The number of amides is 1. The van der Waals surface area contributed by atoms with Crippen molar-refractivity contribution in [1.82, 2.24) is 10.3 Å². The molecule has 0 bridgehead atoms. The van der Waals surface area contributed by atoms with Crippen molar-refractivity contribution in [2.75, 3.05) is 24.2 Å². The van der Waals surface area contributed by atoms with Gasteiger partial charge in [0.15, 0.2) is 0 Å². The zero-order chi connectivity index (χ0) is 15.0. The normalized spacial score (nSPS) is 11.8. The molecule has 1 rings (SSSR count). The first kappa shape index (κ1) is 16.1. The summed E-state index contributed by atoms with van der Waals surface area (Å²) in [7, 11) is 0. The molecule has 0 spiro atoms. The van der Waals surface area contributed by atoms with E-state index in [4.69, 9.17) is 10.5 Å². The number of nitrogen functional groups attached to an aromatic ring is 1. The van der Waals surface area contributed by atoms with Crippen molar-refractivity contribution in [3.05, 3.63) is 12.1 Å². The Balaban J connectivity index is 2.65. The summed E-state index contributed by atoms with van der Waals surface area (Å²) in [6.45, 7) is 7.05. The van der Waals surface area contributed by atoms with E-state index in [9.17, 15) is 4.79 Å². The van der Waals surface area contributed by atoms with E-state index in [0.29, 0.717) is 30.5 Å². The van der Waals surface area contributed by atoms with Crippen molar-refractivity contribution in [2.24, 2.45) is 0 Å². The number of nitrogens with one attached hydrogen (secondary N) is 2. The molecule has 1 unspecified atom stereocenters. The SMILES string of the molecule is CCCNC(=O)C(C)Nc1ccc(N)c(OCCC)n1. The summed E-state index contributed by atoms with van der Waals surface area (Å²) in [6.07, 6.45) is 1.79. The first-order valence-electron chi connectivity index (χ1n) is 7.02. The van der Waals surface area contributed by atoms with E-state index in [2.05, 4.69) is 15.6 Å². The second-order valence-electron chi connectivity index (χ2n) is 4.60. The zero-order valence-corrected chi connectivity index (χ0v) is 12.4. The molecule has 112 valence electrons. The van der Waals surface area contributed by atoms with Crippen LogP contribution in [-0.2, 0) is 4.79 Å². The highest BCUT2D eigenvalue weighted by Gasteiger charge is 2.13. The molecule has 0 saturated heterocycles. The van der Waals surface area contributed by atoms with Crippen LogP contribution in [0.25, 0.3) is 0 Å². The van der Waals surface area contributed by atoms with Crippen LogP contribution in [0.3, 0.4) is 0 Å². The Morgan fingerprint density at radius 2 is 2.15 bits per heavy atom. The minimum absolute atomic E-state index is 0.0542. The highest BCUT2D eigenvalue weighted by atomic mass is 16.5. The molecule has 1 aromatic rings. The molecular formula is C14H24N4O2. The topological polar surface area (TPSA) is 89.3 Å². The molecule has 4 N–H and O–H groups in total. The van der Waals surface area contributed by atoms with Crippen LogP contribution in [0.15, 0.2) is 12.1 Å². The van der Waals surface area contributed by atoms with Crippen LogP contribution in [0, 0.1) is 0 Å². The molecule has 1 aromatic heterocycles. The second-order valence-corrected chi connectivity index (χ2v) is 4.60. The van der Waals surface area contributed by atoms with Crippen molar-refractivity contribution in [3.63, 3.8) is 0 Å². The third-order valence-electron chi connectivity index (χ3n) is 2.64. The zero-order valence-electron chi connectivity index (χ0n) is 12.4. The summed E-state index contributed by atoms with van der Waals surface area (Å²) in [6, 6.07) is 3.09. The number of pyridine rings is 1. The van der Waals surface area contributed by atoms with Gasteiger partial charge < -0.3 is 21.1 Å². The maximum atomic E-state index is 11.8. The first-order chi connectivity index (χ1) is 9.58. The third kappa shape index (κ3) is 4.95. The maximum absolute atomic E-state index is 11.8. The lowest BCUT2D eigenvalue weighted by atomic mass is 10.3. The van der Waals surface area contributed by atoms with Gasteiger partial charge in [-0.3, -0.25) is 4.79 Å². The van der Waals surface area contributed by atoms with Gasteiger partial charge in [0.2, 0.25) is 11.8 Å². The second kappa shape index (κ2) is 8.24. The number of rotatable bonds is 8. The number of nitrogens with two attached hydrogens (primary N) is 1. The Morgan fingerprint density at radius 3 is 2.80 bits per heavy atom. The molecule has 0 aliphatic heterocycles. The number of nitrogens with zero attached hydrogens (tertiary/aromatic N) is 1. The summed E-state index contributed by atoms with van der Waals surface area (Å²) < 4.78 is 5.46. The molecule has 1 amide bonds. The Morgan fingerprint density at radius 1 is 1.40 bits per heavy atom. The first-order valence-corrected chi connectivity index (χ1v) is 7.02. The number of hydrogen-bond donors (Lipinski definition) is 3. The molecule has 0 aliphatic rings. The van der Waals surface area contributed by atoms with Gasteiger partial charge in [0.25, 0.3) is 0 Å². The molecular weight excluding hydrogens is 256 g/mol. The van der Waals surface area contributed by atoms with Crippen LogP contribution in [0.1, 0.15) is 33.6 Å². The molecule has 1 atom stereocenters. The van der Waals surface area contributed by atoms with Crippen LogP contribution >= 0.6 is 0 Å². The van der Waals surface area contributed by atoms with Crippen LogP contribution < -0.4 is 21.1 Å². The van der Waals surface area contributed by atoms with E-state index in [1.807, 2.05) is 13.8 Å². The lowest BCUT2D eigenvalue weighted by Gasteiger charge is -2.15. The van der Waals surface area contributed by atoms with Gasteiger partial charge in [-0.2, -0.15) is 4.98 Å². The summed E-state index contributed by atoms with van der Waals surface area (Å²) >= 11 is 0. The summed E-state index contributed by atoms with van der Waals surface area (Å²) in [5.41, 5.74) is 6.28. The van der Waals surface area contributed by atoms with Crippen LogP contribution in [-0.4, -0.2) is 30.1 Å². The number of carbonyl (C=O) groups excluding carboxylic acids is 1. The molecule has 6 heteroatoms. The van der Waals surface area contributed by atoms with E-state index < -0.39 is 0 Å². The number of hydrogen-bond acceptors (Lipinski definition) is 5. The third-order valence-corrected chi connectivity index (χ3v) is 2.64. The van der Waals surface area contributed by atoms with Crippen LogP contribution in [0.4, 0.5) is 11.5 Å². The Labute approximate surface area is 120 Å². The minimum atomic E-state index is -0.364. The van der Waals surface area contributed by atoms with E-state index in [-0.39, 0.29) is 11.9 Å². The van der Waals surface area contributed by atoms with Gasteiger partial charge in [0.1, 0.15) is 11.9 Å². The van der Waals surface area contributed by atoms with Gasteiger partial charge in [-0.25, -0.2) is 0 Å². The fourth-order valence-electron chi connectivity index (χ4n) is 1.53. The predicted molar refractivity (Wildman–Crippen MR) is 80.8 cm³/mol. The van der Waals surface area contributed by atoms with E-state index >= 15 is 0 Å². The van der Waals surface area contributed by atoms with E-state index in [1.54, 1.807) is 19.1 Å². The van der Waals surface area contributed by atoms with Crippen molar-refractivity contribution in [2.45, 2.75) is 39.7 Å². The lowest BCUT2D eigenvalue weighted by Crippen LogP contribution is -2.38. The fraction of sp³-hybridized carbons (Fsp3) is 0.571. The molecule has 1 heterocycles. The minimum Gasteiger partial charge on any atom is -0.476 e. The number of aromatic nitrogens is 1. The summed E-state index contributed by atoms with van der Waals surface area (Å²) in [5.74, 6) is 0.920. The van der Waals surface area contributed by atoms with Gasteiger partial charge in [-0.15, -0.1) is 0 Å². The molecule has 0 saturated carbocycles. The molecule has 0 fully saturated rings. The van der Waals surface area contributed by atoms with Gasteiger partial charge >= 0.3 is 0 Å². The summed E-state index contributed by atoms with van der Waals surface area (Å²) in [4.78, 5) is 16.0. The van der Waals surface area contributed by atoms with Crippen LogP contribution in [0.2, 0.25) is 0 Å². The van der Waals surface area contributed by atoms with Crippen LogP contribution in [0.5, 0.6) is 5.88 Å². The van der Waals surface area contributed by atoms with Gasteiger partial charge in [0, 0.05) is 6.54 Å². The van der Waals surface area contributed by atoms with Crippen molar-refractivity contribution < 1.29 is 9.53 Å². The van der Waals surface area contributed by atoms with Gasteiger partial charge in [-0.05, 0) is 31.9 Å².